The van der Waals surface area contributed by atoms with Crippen molar-refractivity contribution in [2.45, 2.75) is 18.9 Å². The molecule has 0 aromatic heterocycles. The number of rotatable bonds is 10. The highest BCUT2D eigenvalue weighted by molar-refractivity contribution is 6.30. The molecule has 1 atom stereocenters. The Hall–Kier alpha value is -3.04. The summed E-state index contributed by atoms with van der Waals surface area (Å²) in [7, 11) is 0. The summed E-state index contributed by atoms with van der Waals surface area (Å²) in [6.07, 6.45) is -0.443. The van der Waals surface area contributed by atoms with Gasteiger partial charge in [-0.3, -0.25) is 9.59 Å². The van der Waals surface area contributed by atoms with Crippen LogP contribution in [-0.4, -0.2) is 49.5 Å². The van der Waals surface area contributed by atoms with Crippen LogP contribution in [0.2, 0.25) is 5.02 Å². The minimum atomic E-state index is -0.827. The van der Waals surface area contributed by atoms with Crippen LogP contribution in [0.15, 0.2) is 36.4 Å². The molecule has 0 radical (unpaired) electrons. The van der Waals surface area contributed by atoms with Crippen LogP contribution in [-0.2, 0) is 16.0 Å². The van der Waals surface area contributed by atoms with Gasteiger partial charge in [-0.2, -0.15) is 0 Å². The lowest BCUT2D eigenvalue weighted by Gasteiger charge is -2.13. The van der Waals surface area contributed by atoms with Crippen molar-refractivity contribution in [3.8, 4) is 17.2 Å². The molecule has 3 rings (SSSR count). The van der Waals surface area contributed by atoms with E-state index in [0.717, 1.165) is 11.6 Å². The average Bonchev–Trinajstić information content (AvgIpc) is 3.21. The van der Waals surface area contributed by atoms with E-state index in [4.69, 9.17) is 25.8 Å². The van der Waals surface area contributed by atoms with Gasteiger partial charge in [-0.05, 0) is 36.2 Å². The number of benzene rings is 2. The van der Waals surface area contributed by atoms with E-state index in [-0.39, 0.29) is 56.0 Å². The monoisotopic (exact) mass is 452 g/mol. The third kappa shape index (κ3) is 7.01. The lowest BCUT2D eigenvalue weighted by Crippen LogP contribution is -2.36. The number of carbonyl (C=O) groups is 2. The Morgan fingerprint density at radius 1 is 1.13 bits per heavy atom. The van der Waals surface area contributed by atoms with Gasteiger partial charge in [0.05, 0.1) is 17.5 Å². The molecule has 1 aliphatic rings. The largest absolute Gasteiger partial charge is 0.484 e. The Morgan fingerprint density at radius 2 is 1.94 bits per heavy atom. The van der Waals surface area contributed by atoms with E-state index in [1.807, 2.05) is 0 Å². The van der Waals surface area contributed by atoms with E-state index in [1.54, 1.807) is 18.2 Å². The third-order valence-electron chi connectivity index (χ3n) is 4.40. The number of hydrogen-bond donors (Lipinski definition) is 3. The molecule has 0 bridgehead atoms. The van der Waals surface area contributed by atoms with Crippen molar-refractivity contribution in [2.24, 2.45) is 0 Å². The van der Waals surface area contributed by atoms with Crippen molar-refractivity contribution in [3.63, 3.8) is 0 Å². The lowest BCUT2D eigenvalue weighted by molar-refractivity contribution is -0.123. The summed E-state index contributed by atoms with van der Waals surface area (Å²) in [4.78, 5) is 23.8. The normalized spacial score (nSPS) is 12.9. The van der Waals surface area contributed by atoms with Gasteiger partial charge in [0.15, 0.2) is 18.1 Å². The van der Waals surface area contributed by atoms with Gasteiger partial charge in [-0.25, -0.2) is 4.39 Å². The Kier molecular flexibility index (Phi) is 7.91. The molecular weight excluding hydrogens is 431 g/mol. The smallest absolute Gasteiger partial charge is 0.257 e. The first-order chi connectivity index (χ1) is 14.9. The van der Waals surface area contributed by atoms with Gasteiger partial charge in [0.1, 0.15) is 11.6 Å². The highest BCUT2D eigenvalue weighted by Crippen LogP contribution is 2.32. The Labute approximate surface area is 183 Å². The Morgan fingerprint density at radius 3 is 2.74 bits per heavy atom. The third-order valence-corrected chi connectivity index (χ3v) is 4.70. The van der Waals surface area contributed by atoms with E-state index in [1.165, 1.54) is 12.1 Å². The van der Waals surface area contributed by atoms with Gasteiger partial charge in [0.2, 0.25) is 12.7 Å². The number of aliphatic hydroxyl groups is 1. The van der Waals surface area contributed by atoms with E-state index in [2.05, 4.69) is 10.6 Å². The molecule has 2 aromatic carbocycles. The zero-order valence-corrected chi connectivity index (χ0v) is 17.3. The van der Waals surface area contributed by atoms with Crippen molar-refractivity contribution in [1.29, 1.82) is 0 Å². The number of carbonyl (C=O) groups excluding carboxylic acids is 2. The van der Waals surface area contributed by atoms with Gasteiger partial charge >= 0.3 is 0 Å². The van der Waals surface area contributed by atoms with Crippen molar-refractivity contribution >= 4 is 23.4 Å². The average molecular weight is 453 g/mol. The summed E-state index contributed by atoms with van der Waals surface area (Å²) >= 11 is 5.58. The molecule has 0 fully saturated rings. The topological polar surface area (TPSA) is 106 Å². The van der Waals surface area contributed by atoms with E-state index < -0.39 is 17.8 Å². The first-order valence-corrected chi connectivity index (χ1v) is 9.96. The molecule has 31 heavy (non-hydrogen) atoms. The van der Waals surface area contributed by atoms with Crippen LogP contribution < -0.4 is 24.8 Å². The highest BCUT2D eigenvalue weighted by Gasteiger charge is 2.15. The van der Waals surface area contributed by atoms with Crippen molar-refractivity contribution in [2.75, 3.05) is 26.5 Å². The van der Waals surface area contributed by atoms with Crippen LogP contribution in [0.1, 0.15) is 12.0 Å². The van der Waals surface area contributed by atoms with E-state index in [0.29, 0.717) is 11.5 Å². The fourth-order valence-corrected chi connectivity index (χ4v) is 2.89. The molecule has 0 saturated carbocycles. The van der Waals surface area contributed by atoms with Crippen LogP contribution in [0, 0.1) is 5.82 Å². The highest BCUT2D eigenvalue weighted by atomic mass is 35.5. The summed E-state index contributed by atoms with van der Waals surface area (Å²) in [5.41, 5.74) is 0.768. The summed E-state index contributed by atoms with van der Waals surface area (Å²) in [5.74, 6) is 0.129. The summed E-state index contributed by atoms with van der Waals surface area (Å²) in [5, 5.41) is 15.2. The van der Waals surface area contributed by atoms with Gasteiger partial charge in [0, 0.05) is 19.2 Å². The van der Waals surface area contributed by atoms with Gasteiger partial charge in [-0.1, -0.05) is 17.7 Å². The van der Waals surface area contributed by atoms with Crippen LogP contribution in [0.4, 0.5) is 4.39 Å². The zero-order valence-electron chi connectivity index (χ0n) is 16.5. The number of fused-ring (bicyclic) bond motifs is 1. The molecule has 10 heteroatoms. The van der Waals surface area contributed by atoms with Crippen LogP contribution in [0.25, 0.3) is 0 Å². The predicted molar refractivity (Wildman–Crippen MR) is 110 cm³/mol. The maximum Gasteiger partial charge on any atom is 0.257 e. The molecule has 166 valence electrons. The second-order valence-corrected chi connectivity index (χ2v) is 7.23. The SMILES string of the molecule is O=C(COc1ccc(Cl)c(F)c1)NCCC(O)CNC(=O)Cc1ccc2c(c1)OCO2. The number of aliphatic hydroxyl groups excluding tert-OH is 1. The van der Waals surface area contributed by atoms with Crippen molar-refractivity contribution in [3.05, 3.63) is 52.8 Å². The standard InChI is InChI=1S/C21H22ClFN2O6/c22-16-3-2-15(9-17(16)23)29-11-21(28)24-6-5-14(26)10-25-20(27)8-13-1-4-18-19(7-13)31-12-30-18/h1-4,7,9,14,26H,5-6,8,10-12H2,(H,24,28)(H,25,27). The van der Waals surface area contributed by atoms with Crippen molar-refractivity contribution in [1.82, 2.24) is 10.6 Å². The van der Waals surface area contributed by atoms with E-state index in [9.17, 15) is 19.1 Å². The Bertz CT molecular complexity index is 942. The molecule has 3 N–H and O–H groups in total. The summed E-state index contributed by atoms with van der Waals surface area (Å²) in [6.45, 7) is 0.110. The first kappa shape index (κ1) is 22.6. The second-order valence-electron chi connectivity index (χ2n) is 6.83. The molecule has 8 nitrogen and oxygen atoms in total. The quantitative estimate of drug-likeness (QED) is 0.507. The maximum absolute atomic E-state index is 13.3. The molecule has 0 saturated heterocycles. The van der Waals surface area contributed by atoms with Crippen LogP contribution in [0.5, 0.6) is 17.2 Å². The molecule has 0 spiro atoms. The minimum absolute atomic E-state index is 0.0335. The number of nitrogens with one attached hydrogen (secondary N) is 2. The maximum atomic E-state index is 13.3. The van der Waals surface area contributed by atoms with Gasteiger partial charge < -0.3 is 30.0 Å². The fourth-order valence-electron chi connectivity index (χ4n) is 2.78. The molecule has 1 aliphatic heterocycles. The predicted octanol–water partition coefficient (Wildman–Crippen LogP) is 1.81. The Balaban J connectivity index is 1.29. The minimum Gasteiger partial charge on any atom is -0.484 e. The molecule has 1 unspecified atom stereocenters. The number of ether oxygens (including phenoxy) is 3. The number of hydrogen-bond acceptors (Lipinski definition) is 6. The molecule has 2 amide bonds. The van der Waals surface area contributed by atoms with Crippen molar-refractivity contribution < 1.29 is 33.3 Å². The first-order valence-electron chi connectivity index (χ1n) is 9.58. The second kappa shape index (κ2) is 10.8. The van der Waals surface area contributed by atoms with Crippen LogP contribution in [0.3, 0.4) is 0 Å². The lowest BCUT2D eigenvalue weighted by atomic mass is 10.1. The number of amides is 2. The van der Waals surface area contributed by atoms with E-state index >= 15 is 0 Å². The molecule has 1 heterocycles. The van der Waals surface area contributed by atoms with Crippen LogP contribution >= 0.6 is 11.6 Å². The van der Waals surface area contributed by atoms with Gasteiger partial charge in [-0.15, -0.1) is 0 Å². The zero-order chi connectivity index (χ0) is 22.2. The fraction of sp³-hybridized carbons (Fsp3) is 0.333. The summed E-state index contributed by atoms with van der Waals surface area (Å²) in [6, 6.07) is 9.14. The summed E-state index contributed by atoms with van der Waals surface area (Å²) < 4.78 is 29.0. The molecule has 2 aromatic rings. The molecule has 0 aliphatic carbocycles. The number of halogens is 2. The molecular formula is C21H22ClFN2O6. The van der Waals surface area contributed by atoms with Gasteiger partial charge in [0.25, 0.3) is 5.91 Å².